The van der Waals surface area contributed by atoms with E-state index in [9.17, 15) is 14.7 Å². The van der Waals surface area contributed by atoms with E-state index >= 15 is 0 Å². The number of nitrogens with zero attached hydrogens (tertiary/aromatic N) is 2. The molecule has 2 heterocycles. The number of carbonyl (C=O) groups excluding carboxylic acids is 1. The number of carbonyl (C=O) groups is 2. The molecule has 1 saturated carbocycles. The maximum atomic E-state index is 12.2. The lowest BCUT2D eigenvalue weighted by molar-refractivity contribution is -0.143. The molecule has 4 rings (SSSR count). The quantitative estimate of drug-likeness (QED) is 0.472. The van der Waals surface area contributed by atoms with E-state index in [1.54, 1.807) is 13.1 Å². The minimum absolute atomic E-state index is 0.148. The fourth-order valence-corrected chi connectivity index (χ4v) is 4.18. The van der Waals surface area contributed by atoms with Crippen LogP contribution in [0.2, 0.25) is 0 Å². The van der Waals surface area contributed by atoms with Crippen LogP contribution in [0.25, 0.3) is 11.5 Å². The summed E-state index contributed by atoms with van der Waals surface area (Å²) in [6.45, 7) is 4.06. The molecule has 1 aromatic carbocycles. The minimum Gasteiger partial charge on any atom is -0.489 e. The van der Waals surface area contributed by atoms with Gasteiger partial charge >= 0.3 is 12.1 Å². The van der Waals surface area contributed by atoms with Gasteiger partial charge < -0.3 is 24.4 Å². The van der Waals surface area contributed by atoms with Crippen molar-refractivity contribution in [1.29, 1.82) is 0 Å². The lowest BCUT2D eigenvalue weighted by Gasteiger charge is -2.27. The molecule has 2 atom stereocenters. The molecular formula is C26H29N3O6. The van der Waals surface area contributed by atoms with Gasteiger partial charge in [-0.05, 0) is 56.7 Å². The summed E-state index contributed by atoms with van der Waals surface area (Å²) >= 11 is 0. The summed E-state index contributed by atoms with van der Waals surface area (Å²) in [7, 11) is 0. The number of hydrogen-bond donors (Lipinski definition) is 2. The molecule has 0 spiro atoms. The van der Waals surface area contributed by atoms with Gasteiger partial charge in [-0.1, -0.05) is 35.5 Å². The SMILES string of the molecule is Cc1cc(-c2onc(C)c2CNC(=O)OCc2ccccc2)ncc1OC1CCCC(C(=O)O)C1. The fraction of sp³-hybridized carbons (Fsp3) is 0.385. The number of carboxylic acid groups (broad SMARTS) is 1. The number of nitrogens with one attached hydrogen (secondary N) is 1. The number of alkyl carbamates (subject to hydrolysis) is 1. The number of benzene rings is 1. The van der Waals surface area contributed by atoms with Gasteiger partial charge in [0.15, 0.2) is 5.76 Å². The summed E-state index contributed by atoms with van der Waals surface area (Å²) in [4.78, 5) is 28.0. The first kappa shape index (κ1) is 24.3. The van der Waals surface area contributed by atoms with Gasteiger partial charge in [0, 0.05) is 5.56 Å². The van der Waals surface area contributed by atoms with Gasteiger partial charge in [0.1, 0.15) is 18.1 Å². The van der Waals surface area contributed by atoms with Crippen LogP contribution in [0, 0.1) is 19.8 Å². The van der Waals surface area contributed by atoms with Gasteiger partial charge in [0.05, 0.1) is 30.5 Å². The molecule has 184 valence electrons. The molecule has 2 aromatic heterocycles. The van der Waals surface area contributed by atoms with E-state index in [4.69, 9.17) is 14.0 Å². The Hall–Kier alpha value is -3.88. The third-order valence-electron chi connectivity index (χ3n) is 6.17. The highest BCUT2D eigenvalue weighted by molar-refractivity contribution is 5.70. The molecular weight excluding hydrogens is 450 g/mol. The van der Waals surface area contributed by atoms with Crippen LogP contribution in [0.1, 0.15) is 48.1 Å². The van der Waals surface area contributed by atoms with Gasteiger partial charge in [0.2, 0.25) is 0 Å². The second kappa shape index (κ2) is 11.0. The Kier molecular flexibility index (Phi) is 7.64. The number of amides is 1. The summed E-state index contributed by atoms with van der Waals surface area (Å²) in [6.07, 6.45) is 3.76. The van der Waals surface area contributed by atoms with Crippen LogP contribution in [0.5, 0.6) is 5.75 Å². The number of aliphatic carboxylic acids is 1. The number of rotatable bonds is 8. The highest BCUT2D eigenvalue weighted by Crippen LogP contribution is 2.32. The van der Waals surface area contributed by atoms with Crippen molar-refractivity contribution < 1.29 is 28.7 Å². The average molecular weight is 480 g/mol. The Bertz CT molecular complexity index is 1180. The van der Waals surface area contributed by atoms with Crippen LogP contribution in [-0.4, -0.2) is 33.4 Å². The van der Waals surface area contributed by atoms with Crippen molar-refractivity contribution in [3.05, 3.63) is 65.0 Å². The first-order valence-corrected chi connectivity index (χ1v) is 11.7. The predicted molar refractivity (Wildman–Crippen MR) is 127 cm³/mol. The van der Waals surface area contributed by atoms with Crippen LogP contribution < -0.4 is 10.1 Å². The summed E-state index contributed by atoms with van der Waals surface area (Å²) in [5, 5.41) is 16.1. The van der Waals surface area contributed by atoms with Crippen molar-refractivity contribution in [2.45, 2.75) is 58.8 Å². The molecule has 1 amide bonds. The lowest BCUT2D eigenvalue weighted by Crippen LogP contribution is -2.29. The van der Waals surface area contributed by atoms with Crippen molar-refractivity contribution in [2.24, 2.45) is 5.92 Å². The largest absolute Gasteiger partial charge is 0.489 e. The van der Waals surface area contributed by atoms with Gasteiger partial charge in [-0.25, -0.2) is 9.78 Å². The molecule has 2 N–H and O–H groups in total. The predicted octanol–water partition coefficient (Wildman–Crippen LogP) is 4.80. The molecule has 1 fully saturated rings. The van der Waals surface area contributed by atoms with E-state index in [2.05, 4.69) is 15.5 Å². The third kappa shape index (κ3) is 6.17. The number of aromatic nitrogens is 2. The molecule has 0 bridgehead atoms. The maximum absolute atomic E-state index is 12.2. The summed E-state index contributed by atoms with van der Waals surface area (Å²) in [5.41, 5.74) is 3.67. The number of carboxylic acids is 1. The normalized spacial score (nSPS) is 17.5. The standard InChI is InChI=1S/C26H29N3O6/c1-16-11-22(27-14-23(16)34-20-10-6-9-19(12-20)25(30)31)24-21(17(2)29-35-24)13-28-26(32)33-15-18-7-4-3-5-8-18/h3-5,7-8,11,14,19-20H,6,9-10,12-13,15H2,1-2H3,(H,28,32)(H,30,31). The van der Waals surface area contributed by atoms with Crippen molar-refractivity contribution in [3.63, 3.8) is 0 Å². The number of ether oxygens (including phenoxy) is 2. The topological polar surface area (TPSA) is 124 Å². The summed E-state index contributed by atoms with van der Waals surface area (Å²) in [6, 6.07) is 11.3. The average Bonchev–Trinajstić information content (AvgIpc) is 3.23. The van der Waals surface area contributed by atoms with Crippen molar-refractivity contribution >= 4 is 12.1 Å². The fourth-order valence-electron chi connectivity index (χ4n) is 4.18. The molecule has 1 aliphatic rings. The Morgan fingerprint density at radius 3 is 2.74 bits per heavy atom. The minimum atomic E-state index is -0.769. The van der Waals surface area contributed by atoms with Crippen molar-refractivity contribution in [3.8, 4) is 17.2 Å². The smallest absolute Gasteiger partial charge is 0.407 e. The van der Waals surface area contributed by atoms with Crippen molar-refractivity contribution in [1.82, 2.24) is 15.5 Å². The molecule has 9 nitrogen and oxygen atoms in total. The number of aryl methyl sites for hydroxylation is 2. The lowest BCUT2D eigenvalue weighted by atomic mass is 9.87. The molecule has 2 unspecified atom stereocenters. The highest BCUT2D eigenvalue weighted by Gasteiger charge is 2.28. The number of hydrogen-bond acceptors (Lipinski definition) is 7. The third-order valence-corrected chi connectivity index (χ3v) is 6.17. The first-order valence-electron chi connectivity index (χ1n) is 11.7. The molecule has 3 aromatic rings. The van der Waals surface area contributed by atoms with E-state index in [1.165, 1.54) is 0 Å². The Labute approximate surface area is 203 Å². The van der Waals surface area contributed by atoms with E-state index in [0.29, 0.717) is 41.3 Å². The Balaban J connectivity index is 1.39. The van der Waals surface area contributed by atoms with Crippen LogP contribution in [-0.2, 0) is 22.7 Å². The van der Waals surface area contributed by atoms with Crippen LogP contribution in [0.3, 0.4) is 0 Å². The van der Waals surface area contributed by atoms with Gasteiger partial charge in [-0.15, -0.1) is 0 Å². The van der Waals surface area contributed by atoms with Crippen molar-refractivity contribution in [2.75, 3.05) is 0 Å². The monoisotopic (exact) mass is 479 g/mol. The summed E-state index contributed by atoms with van der Waals surface area (Å²) < 4.78 is 16.9. The van der Waals surface area contributed by atoms with E-state index in [-0.39, 0.29) is 25.2 Å². The maximum Gasteiger partial charge on any atom is 0.407 e. The van der Waals surface area contributed by atoms with Crippen LogP contribution >= 0.6 is 0 Å². The number of pyridine rings is 1. The van der Waals surface area contributed by atoms with E-state index in [1.807, 2.05) is 43.3 Å². The van der Waals surface area contributed by atoms with Crippen LogP contribution in [0.15, 0.2) is 47.1 Å². The van der Waals surface area contributed by atoms with Gasteiger partial charge in [-0.3, -0.25) is 4.79 Å². The first-order chi connectivity index (χ1) is 16.9. The molecule has 35 heavy (non-hydrogen) atoms. The van der Waals surface area contributed by atoms with Gasteiger partial charge in [-0.2, -0.15) is 0 Å². The Morgan fingerprint density at radius 1 is 1.20 bits per heavy atom. The molecule has 0 saturated heterocycles. The van der Waals surface area contributed by atoms with Crippen LogP contribution in [0.4, 0.5) is 4.79 Å². The van der Waals surface area contributed by atoms with Gasteiger partial charge in [0.25, 0.3) is 0 Å². The highest BCUT2D eigenvalue weighted by atomic mass is 16.5. The summed E-state index contributed by atoms with van der Waals surface area (Å²) in [5.74, 6) is -0.0588. The molecule has 1 aliphatic carbocycles. The molecule has 0 radical (unpaired) electrons. The second-order valence-electron chi connectivity index (χ2n) is 8.77. The zero-order valence-electron chi connectivity index (χ0n) is 19.8. The Morgan fingerprint density at radius 2 is 2.00 bits per heavy atom. The van der Waals surface area contributed by atoms with E-state index < -0.39 is 12.1 Å². The molecule has 0 aliphatic heterocycles. The molecule has 9 heteroatoms. The zero-order chi connectivity index (χ0) is 24.8. The zero-order valence-corrected chi connectivity index (χ0v) is 19.8. The van der Waals surface area contributed by atoms with E-state index in [0.717, 1.165) is 24.0 Å². The second-order valence-corrected chi connectivity index (χ2v) is 8.77.